The van der Waals surface area contributed by atoms with Crippen molar-refractivity contribution in [3.05, 3.63) is 41.7 Å². The number of nitrogens with one attached hydrogen (secondary N) is 1. The number of hydrogen-bond donors (Lipinski definition) is 1. The first-order chi connectivity index (χ1) is 9.69. The Balaban J connectivity index is 2.50. The second-order valence-electron chi connectivity index (χ2n) is 4.10. The minimum atomic E-state index is -0.420. The Bertz CT molecular complexity index is 631. The SMILES string of the molecule is CCNc1ccc(C(=O)OC)cc1-c1ccc(C=O)o1. The summed E-state index contributed by atoms with van der Waals surface area (Å²) in [5.41, 5.74) is 1.96. The van der Waals surface area contributed by atoms with Gasteiger partial charge in [0.2, 0.25) is 0 Å². The number of benzene rings is 1. The third kappa shape index (κ3) is 2.71. The summed E-state index contributed by atoms with van der Waals surface area (Å²) < 4.78 is 10.1. The van der Waals surface area contributed by atoms with Gasteiger partial charge < -0.3 is 14.5 Å². The van der Waals surface area contributed by atoms with Crippen LogP contribution in [0.15, 0.2) is 34.7 Å². The van der Waals surface area contributed by atoms with E-state index in [1.54, 1.807) is 30.3 Å². The van der Waals surface area contributed by atoms with Crippen LogP contribution in [-0.2, 0) is 4.74 Å². The summed E-state index contributed by atoms with van der Waals surface area (Å²) in [6, 6.07) is 8.42. The number of anilines is 1. The highest BCUT2D eigenvalue weighted by Crippen LogP contribution is 2.30. The van der Waals surface area contributed by atoms with Crippen LogP contribution in [0.3, 0.4) is 0 Å². The van der Waals surface area contributed by atoms with Gasteiger partial charge in [0.25, 0.3) is 0 Å². The van der Waals surface area contributed by atoms with Crippen molar-refractivity contribution < 1.29 is 18.7 Å². The Kier molecular flexibility index (Phi) is 4.20. The number of esters is 1. The minimum Gasteiger partial charge on any atom is -0.465 e. The smallest absolute Gasteiger partial charge is 0.337 e. The molecule has 0 unspecified atom stereocenters. The fourth-order valence-corrected chi connectivity index (χ4v) is 1.90. The maximum Gasteiger partial charge on any atom is 0.337 e. The van der Waals surface area contributed by atoms with Gasteiger partial charge in [0, 0.05) is 17.8 Å². The van der Waals surface area contributed by atoms with Crippen LogP contribution in [0.25, 0.3) is 11.3 Å². The molecule has 0 bridgehead atoms. The van der Waals surface area contributed by atoms with E-state index in [-0.39, 0.29) is 5.76 Å². The first-order valence-corrected chi connectivity index (χ1v) is 6.21. The molecule has 20 heavy (non-hydrogen) atoms. The van der Waals surface area contributed by atoms with Crippen molar-refractivity contribution >= 4 is 17.9 Å². The fraction of sp³-hybridized carbons (Fsp3) is 0.200. The molecule has 2 rings (SSSR count). The minimum absolute atomic E-state index is 0.242. The van der Waals surface area contributed by atoms with Crippen molar-refractivity contribution in [3.63, 3.8) is 0 Å². The molecule has 0 aliphatic carbocycles. The van der Waals surface area contributed by atoms with E-state index in [9.17, 15) is 9.59 Å². The molecule has 5 heteroatoms. The standard InChI is InChI=1S/C15H15NO4/c1-3-16-13-6-4-10(15(18)19-2)8-12(13)14-7-5-11(9-17)20-14/h4-9,16H,3H2,1-2H3. The van der Waals surface area contributed by atoms with Crippen molar-refractivity contribution in [3.8, 4) is 11.3 Å². The van der Waals surface area contributed by atoms with Crippen molar-refractivity contribution in [1.82, 2.24) is 0 Å². The van der Waals surface area contributed by atoms with E-state index in [1.807, 2.05) is 6.92 Å². The monoisotopic (exact) mass is 273 g/mol. The van der Waals surface area contributed by atoms with Crippen molar-refractivity contribution in [2.75, 3.05) is 19.0 Å². The van der Waals surface area contributed by atoms with Crippen LogP contribution in [-0.4, -0.2) is 25.9 Å². The largest absolute Gasteiger partial charge is 0.465 e. The Morgan fingerprint density at radius 2 is 2.15 bits per heavy atom. The third-order valence-corrected chi connectivity index (χ3v) is 2.82. The molecule has 0 aliphatic heterocycles. The Morgan fingerprint density at radius 1 is 1.35 bits per heavy atom. The average Bonchev–Trinajstić information content (AvgIpc) is 2.96. The zero-order chi connectivity index (χ0) is 14.5. The lowest BCUT2D eigenvalue weighted by molar-refractivity contribution is 0.0600. The zero-order valence-electron chi connectivity index (χ0n) is 11.3. The van der Waals surface area contributed by atoms with Crippen LogP contribution in [0.4, 0.5) is 5.69 Å². The van der Waals surface area contributed by atoms with E-state index in [4.69, 9.17) is 9.15 Å². The summed E-state index contributed by atoms with van der Waals surface area (Å²) in [5.74, 6) is 0.344. The number of hydrogen-bond acceptors (Lipinski definition) is 5. The average molecular weight is 273 g/mol. The molecular weight excluding hydrogens is 258 g/mol. The van der Waals surface area contributed by atoms with Crippen LogP contribution >= 0.6 is 0 Å². The predicted molar refractivity (Wildman–Crippen MR) is 75.0 cm³/mol. The molecule has 1 heterocycles. The number of carbonyl (C=O) groups excluding carboxylic acids is 2. The van der Waals surface area contributed by atoms with Gasteiger partial charge in [-0.05, 0) is 37.3 Å². The lowest BCUT2D eigenvalue weighted by Gasteiger charge is -2.10. The van der Waals surface area contributed by atoms with Gasteiger partial charge in [-0.15, -0.1) is 0 Å². The third-order valence-electron chi connectivity index (χ3n) is 2.82. The van der Waals surface area contributed by atoms with Gasteiger partial charge in [0.1, 0.15) is 5.76 Å². The van der Waals surface area contributed by atoms with Crippen LogP contribution in [0.2, 0.25) is 0 Å². The molecule has 5 nitrogen and oxygen atoms in total. The lowest BCUT2D eigenvalue weighted by atomic mass is 10.1. The summed E-state index contributed by atoms with van der Waals surface area (Å²) in [6.45, 7) is 2.70. The summed E-state index contributed by atoms with van der Waals surface area (Å²) in [7, 11) is 1.33. The highest BCUT2D eigenvalue weighted by Gasteiger charge is 2.13. The highest BCUT2D eigenvalue weighted by molar-refractivity contribution is 5.93. The number of carbonyl (C=O) groups is 2. The van der Waals surface area contributed by atoms with Gasteiger partial charge in [-0.25, -0.2) is 4.79 Å². The molecular formula is C15H15NO4. The predicted octanol–water partition coefficient (Wildman–Crippen LogP) is 2.98. The van der Waals surface area contributed by atoms with E-state index in [2.05, 4.69) is 5.32 Å². The first kappa shape index (κ1) is 13.9. The molecule has 2 aromatic rings. The molecule has 0 amide bonds. The van der Waals surface area contributed by atoms with E-state index in [1.165, 1.54) is 7.11 Å². The summed E-state index contributed by atoms with van der Waals surface area (Å²) >= 11 is 0. The Hall–Kier alpha value is -2.56. The van der Waals surface area contributed by atoms with Crippen molar-refractivity contribution in [1.29, 1.82) is 0 Å². The van der Waals surface area contributed by atoms with Gasteiger partial charge in [-0.3, -0.25) is 4.79 Å². The maximum absolute atomic E-state index is 11.6. The number of aldehydes is 1. The number of rotatable bonds is 5. The molecule has 104 valence electrons. The molecule has 0 radical (unpaired) electrons. The summed E-state index contributed by atoms with van der Waals surface area (Å²) in [4.78, 5) is 22.3. The molecule has 1 aromatic carbocycles. The van der Waals surface area contributed by atoms with Crippen LogP contribution in [0.1, 0.15) is 27.8 Å². The topological polar surface area (TPSA) is 68.5 Å². The lowest BCUT2D eigenvalue weighted by Crippen LogP contribution is -2.04. The van der Waals surface area contributed by atoms with Gasteiger partial charge >= 0.3 is 5.97 Å². The van der Waals surface area contributed by atoms with Crippen molar-refractivity contribution in [2.45, 2.75) is 6.92 Å². The van der Waals surface area contributed by atoms with Gasteiger partial charge in [-0.2, -0.15) is 0 Å². The number of methoxy groups -OCH3 is 1. The molecule has 0 fully saturated rings. The highest BCUT2D eigenvalue weighted by atomic mass is 16.5. The fourth-order valence-electron chi connectivity index (χ4n) is 1.90. The number of ether oxygens (including phenoxy) is 1. The molecule has 1 aromatic heterocycles. The van der Waals surface area contributed by atoms with E-state index in [0.717, 1.165) is 12.2 Å². The first-order valence-electron chi connectivity index (χ1n) is 6.21. The Morgan fingerprint density at radius 3 is 2.75 bits per heavy atom. The van der Waals surface area contributed by atoms with Crippen LogP contribution in [0.5, 0.6) is 0 Å². The molecule has 0 saturated heterocycles. The normalized spacial score (nSPS) is 10.1. The van der Waals surface area contributed by atoms with Gasteiger partial charge in [-0.1, -0.05) is 0 Å². The van der Waals surface area contributed by atoms with Crippen LogP contribution in [0, 0.1) is 0 Å². The second-order valence-corrected chi connectivity index (χ2v) is 4.10. The van der Waals surface area contributed by atoms with E-state index >= 15 is 0 Å². The van der Waals surface area contributed by atoms with Gasteiger partial charge in [0.15, 0.2) is 12.0 Å². The molecule has 1 N–H and O–H groups in total. The zero-order valence-corrected chi connectivity index (χ0v) is 11.3. The molecule has 0 atom stereocenters. The second kappa shape index (κ2) is 6.06. The molecule has 0 saturated carbocycles. The number of furan rings is 1. The van der Waals surface area contributed by atoms with Crippen LogP contribution < -0.4 is 5.32 Å². The summed E-state index contributed by atoms with van der Waals surface area (Å²) in [6.07, 6.45) is 0.639. The summed E-state index contributed by atoms with van der Waals surface area (Å²) in [5, 5.41) is 3.19. The molecule has 0 aliphatic rings. The van der Waals surface area contributed by atoms with Gasteiger partial charge in [0.05, 0.1) is 12.7 Å². The van der Waals surface area contributed by atoms with Crippen molar-refractivity contribution in [2.24, 2.45) is 0 Å². The molecule has 0 spiro atoms. The Labute approximate surface area is 116 Å². The van der Waals surface area contributed by atoms with E-state index < -0.39 is 5.97 Å². The maximum atomic E-state index is 11.6. The van der Waals surface area contributed by atoms with E-state index in [0.29, 0.717) is 23.2 Å². The quantitative estimate of drug-likeness (QED) is 0.670.